The molecule has 0 radical (unpaired) electrons. The monoisotopic (exact) mass is 288 g/mol. The maximum atomic E-state index is 13.1. The van der Waals surface area contributed by atoms with Crippen molar-refractivity contribution < 1.29 is 22.7 Å². The topological polar surface area (TPSA) is 41.6 Å². The summed E-state index contributed by atoms with van der Waals surface area (Å²) in [6.45, 7) is 2.19. The Hall–Kier alpha value is -1.60. The number of likely N-dealkylation sites (N-methyl/N-ethyl adjacent to an activating group) is 1. The van der Waals surface area contributed by atoms with Crippen molar-refractivity contribution in [2.75, 3.05) is 33.3 Å². The van der Waals surface area contributed by atoms with E-state index in [1.165, 1.54) is 11.9 Å². The average molecular weight is 288 g/mol. The van der Waals surface area contributed by atoms with Crippen LogP contribution in [-0.4, -0.2) is 50.2 Å². The number of carbonyl (C=O) groups excluding carboxylic acids is 1. The minimum Gasteiger partial charge on any atom is -0.374 e. The first-order valence-corrected chi connectivity index (χ1v) is 6.21. The van der Waals surface area contributed by atoms with Gasteiger partial charge in [0.25, 0.3) is 5.91 Å². The maximum Gasteiger partial charge on any atom is 0.253 e. The van der Waals surface area contributed by atoms with E-state index >= 15 is 0 Å². The van der Waals surface area contributed by atoms with Crippen molar-refractivity contribution in [1.29, 1.82) is 0 Å². The molecule has 0 saturated carbocycles. The smallest absolute Gasteiger partial charge is 0.253 e. The molecule has 0 aliphatic carbocycles. The molecule has 1 aliphatic heterocycles. The fraction of sp³-hybridized carbons (Fsp3) is 0.462. The van der Waals surface area contributed by atoms with Gasteiger partial charge in [0.15, 0.2) is 17.5 Å². The molecule has 1 unspecified atom stereocenters. The molecular weight excluding hydrogens is 273 g/mol. The number of ether oxygens (including phenoxy) is 1. The van der Waals surface area contributed by atoms with Crippen LogP contribution in [0.2, 0.25) is 0 Å². The Morgan fingerprint density at radius 3 is 2.60 bits per heavy atom. The lowest BCUT2D eigenvalue weighted by atomic mass is 10.1. The molecule has 0 bridgehead atoms. The number of rotatable bonds is 3. The number of amides is 1. The van der Waals surface area contributed by atoms with Crippen molar-refractivity contribution in [3.05, 3.63) is 35.1 Å². The van der Waals surface area contributed by atoms with Crippen molar-refractivity contribution in [1.82, 2.24) is 10.2 Å². The lowest BCUT2D eigenvalue weighted by Gasteiger charge is -2.28. The highest BCUT2D eigenvalue weighted by atomic mass is 19.2. The van der Waals surface area contributed by atoms with Crippen LogP contribution < -0.4 is 5.32 Å². The summed E-state index contributed by atoms with van der Waals surface area (Å²) in [5, 5.41) is 3.11. The molecule has 1 aromatic rings. The minimum absolute atomic E-state index is 0.173. The van der Waals surface area contributed by atoms with Gasteiger partial charge in [-0.2, -0.15) is 0 Å². The van der Waals surface area contributed by atoms with Crippen LogP contribution in [0, 0.1) is 17.5 Å². The van der Waals surface area contributed by atoms with Gasteiger partial charge in [-0.15, -0.1) is 0 Å². The Labute approximate surface area is 114 Å². The van der Waals surface area contributed by atoms with Gasteiger partial charge in [0.1, 0.15) is 0 Å². The first-order chi connectivity index (χ1) is 9.49. The standard InChI is InChI=1S/C13H15F3N2O2/c1-18(7-9-6-17-2-3-20-9)13(19)8-4-10(14)12(16)11(15)5-8/h4-5,9,17H,2-3,6-7H2,1H3. The van der Waals surface area contributed by atoms with E-state index in [2.05, 4.69) is 5.32 Å². The fourth-order valence-electron chi connectivity index (χ4n) is 2.02. The van der Waals surface area contributed by atoms with Gasteiger partial charge >= 0.3 is 0 Å². The molecule has 1 aromatic carbocycles. The molecule has 20 heavy (non-hydrogen) atoms. The molecule has 1 amide bonds. The van der Waals surface area contributed by atoms with Crippen LogP contribution in [0.1, 0.15) is 10.4 Å². The molecule has 0 spiro atoms. The van der Waals surface area contributed by atoms with Crippen molar-refractivity contribution >= 4 is 5.91 Å². The van der Waals surface area contributed by atoms with E-state index in [0.29, 0.717) is 25.3 Å². The van der Waals surface area contributed by atoms with Gasteiger partial charge in [-0.3, -0.25) is 4.79 Å². The van der Waals surface area contributed by atoms with Crippen molar-refractivity contribution in [3.63, 3.8) is 0 Å². The Bertz CT molecular complexity index is 481. The maximum absolute atomic E-state index is 13.1. The summed E-state index contributed by atoms with van der Waals surface area (Å²) in [5.41, 5.74) is -0.229. The summed E-state index contributed by atoms with van der Waals surface area (Å²) in [6.07, 6.45) is -0.173. The van der Waals surface area contributed by atoms with E-state index < -0.39 is 23.4 Å². The second-order valence-electron chi connectivity index (χ2n) is 4.64. The SMILES string of the molecule is CN(CC1CNCCO1)C(=O)c1cc(F)c(F)c(F)c1. The van der Waals surface area contributed by atoms with Crippen molar-refractivity contribution in [2.24, 2.45) is 0 Å². The number of hydrogen-bond donors (Lipinski definition) is 1. The first kappa shape index (κ1) is 14.8. The lowest BCUT2D eigenvalue weighted by molar-refractivity contribution is 0.0103. The number of benzene rings is 1. The van der Waals surface area contributed by atoms with E-state index in [-0.39, 0.29) is 18.2 Å². The van der Waals surface area contributed by atoms with Crippen LogP contribution in [0.25, 0.3) is 0 Å². The number of carbonyl (C=O) groups is 1. The molecule has 1 saturated heterocycles. The highest BCUT2D eigenvalue weighted by Gasteiger charge is 2.21. The molecule has 2 rings (SSSR count). The fourth-order valence-corrected chi connectivity index (χ4v) is 2.02. The Morgan fingerprint density at radius 1 is 1.40 bits per heavy atom. The van der Waals surface area contributed by atoms with Crippen molar-refractivity contribution in [2.45, 2.75) is 6.10 Å². The van der Waals surface area contributed by atoms with Gasteiger partial charge in [-0.25, -0.2) is 13.2 Å². The number of halogens is 3. The summed E-state index contributed by atoms with van der Waals surface area (Å²) in [6, 6.07) is 1.38. The van der Waals surface area contributed by atoms with E-state index in [9.17, 15) is 18.0 Å². The Balaban J connectivity index is 2.06. The lowest BCUT2D eigenvalue weighted by Crippen LogP contribution is -2.45. The molecule has 1 aliphatic rings. The van der Waals surface area contributed by atoms with Crippen LogP contribution in [0.4, 0.5) is 13.2 Å². The van der Waals surface area contributed by atoms with Crippen LogP contribution >= 0.6 is 0 Å². The quantitative estimate of drug-likeness (QED) is 0.849. The van der Waals surface area contributed by atoms with Gasteiger partial charge < -0.3 is 15.0 Å². The van der Waals surface area contributed by atoms with Crippen LogP contribution in [0.3, 0.4) is 0 Å². The second kappa shape index (κ2) is 6.23. The molecule has 7 heteroatoms. The normalized spacial score (nSPS) is 18.9. The number of morpholine rings is 1. The number of nitrogens with one attached hydrogen (secondary N) is 1. The highest BCUT2D eigenvalue weighted by molar-refractivity contribution is 5.94. The molecule has 110 valence electrons. The summed E-state index contributed by atoms with van der Waals surface area (Å²) in [5.74, 6) is -4.92. The van der Waals surface area contributed by atoms with Gasteiger partial charge in [0.05, 0.1) is 12.7 Å². The zero-order valence-electron chi connectivity index (χ0n) is 11.0. The first-order valence-electron chi connectivity index (χ1n) is 6.21. The molecule has 0 aromatic heterocycles. The third-order valence-corrected chi connectivity index (χ3v) is 3.06. The molecule has 1 fully saturated rings. The zero-order valence-corrected chi connectivity index (χ0v) is 11.0. The molecule has 1 heterocycles. The molecule has 1 atom stereocenters. The third-order valence-electron chi connectivity index (χ3n) is 3.06. The summed E-state index contributed by atoms with van der Waals surface area (Å²) >= 11 is 0. The average Bonchev–Trinajstić information content (AvgIpc) is 2.44. The van der Waals surface area contributed by atoms with Gasteiger partial charge in [-0.1, -0.05) is 0 Å². The molecule has 1 N–H and O–H groups in total. The van der Waals surface area contributed by atoms with Gasteiger partial charge in [0, 0.05) is 32.2 Å². The van der Waals surface area contributed by atoms with E-state index in [0.717, 1.165) is 6.54 Å². The van der Waals surface area contributed by atoms with Crippen LogP contribution in [0.15, 0.2) is 12.1 Å². The second-order valence-corrected chi connectivity index (χ2v) is 4.64. The Morgan fingerprint density at radius 2 is 2.05 bits per heavy atom. The predicted octanol–water partition coefficient (Wildman–Crippen LogP) is 1.16. The molecular formula is C13H15F3N2O2. The summed E-state index contributed by atoms with van der Waals surface area (Å²) < 4.78 is 44.5. The van der Waals surface area contributed by atoms with Gasteiger partial charge in [-0.05, 0) is 12.1 Å². The van der Waals surface area contributed by atoms with E-state index in [1.807, 2.05) is 0 Å². The van der Waals surface area contributed by atoms with Crippen LogP contribution in [0.5, 0.6) is 0 Å². The predicted molar refractivity (Wildman–Crippen MR) is 65.9 cm³/mol. The van der Waals surface area contributed by atoms with Crippen LogP contribution in [-0.2, 0) is 4.74 Å². The number of nitrogens with zero attached hydrogens (tertiary/aromatic N) is 1. The van der Waals surface area contributed by atoms with Crippen molar-refractivity contribution in [3.8, 4) is 0 Å². The number of hydrogen-bond acceptors (Lipinski definition) is 3. The largest absolute Gasteiger partial charge is 0.374 e. The summed E-state index contributed by atoms with van der Waals surface area (Å²) in [7, 11) is 1.50. The highest BCUT2D eigenvalue weighted by Crippen LogP contribution is 2.15. The van der Waals surface area contributed by atoms with E-state index in [1.54, 1.807) is 0 Å². The Kier molecular flexibility index (Phi) is 4.61. The zero-order chi connectivity index (χ0) is 14.7. The minimum atomic E-state index is -1.58. The third kappa shape index (κ3) is 3.29. The molecule has 4 nitrogen and oxygen atoms in total. The van der Waals surface area contributed by atoms with E-state index in [4.69, 9.17) is 4.74 Å². The van der Waals surface area contributed by atoms with Gasteiger partial charge in [0.2, 0.25) is 0 Å². The summed E-state index contributed by atoms with van der Waals surface area (Å²) in [4.78, 5) is 13.3.